The van der Waals surface area contributed by atoms with E-state index < -0.39 is 0 Å². The minimum atomic E-state index is -0.178. The number of benzene rings is 1. The van der Waals surface area contributed by atoms with Crippen molar-refractivity contribution in [3.63, 3.8) is 0 Å². The summed E-state index contributed by atoms with van der Waals surface area (Å²) in [4.78, 5) is 16.4. The van der Waals surface area contributed by atoms with Gasteiger partial charge in [0.15, 0.2) is 5.82 Å². The number of aromatic nitrogens is 2. The summed E-state index contributed by atoms with van der Waals surface area (Å²) >= 11 is 6.05. The second kappa shape index (κ2) is 8.99. The third-order valence-electron chi connectivity index (χ3n) is 4.11. The number of carbonyl (C=O) groups excluding carboxylic acids is 1. The molecule has 0 spiro atoms. The van der Waals surface area contributed by atoms with E-state index in [-0.39, 0.29) is 11.3 Å². The highest BCUT2D eigenvalue weighted by Crippen LogP contribution is 2.24. The average molecular weight is 364 g/mol. The lowest BCUT2D eigenvalue weighted by molar-refractivity contribution is -0.121. The summed E-state index contributed by atoms with van der Waals surface area (Å²) in [5.41, 5.74) is 0.928. The number of hydrogen-bond acceptors (Lipinski definition) is 4. The van der Waals surface area contributed by atoms with Crippen molar-refractivity contribution < 1.29 is 9.32 Å². The van der Waals surface area contributed by atoms with E-state index in [4.69, 9.17) is 16.1 Å². The molecule has 1 heterocycles. The number of nitrogens with one attached hydrogen (secondary N) is 1. The lowest BCUT2D eigenvalue weighted by atomic mass is 9.84. The summed E-state index contributed by atoms with van der Waals surface area (Å²) < 4.78 is 5.18. The highest BCUT2D eigenvalue weighted by molar-refractivity contribution is 6.30. The standard InChI is InChI=1S/C19H26ClN3O2/c1-4-7-16-22-18(25-23-16)11-6-10-17(24)21-13-19(2,3)14-8-5-9-15(20)12-14/h5,8-9,12H,4,6-7,10-11,13H2,1-3H3,(H,21,24). The van der Waals surface area contributed by atoms with Crippen LogP contribution < -0.4 is 5.32 Å². The molecule has 2 aromatic rings. The van der Waals surface area contributed by atoms with Crippen LogP contribution in [0.15, 0.2) is 28.8 Å². The smallest absolute Gasteiger partial charge is 0.226 e. The van der Waals surface area contributed by atoms with Crippen LogP contribution in [0.1, 0.15) is 57.3 Å². The first-order chi connectivity index (χ1) is 11.9. The summed E-state index contributed by atoms with van der Waals surface area (Å²) in [5, 5.41) is 7.63. The molecule has 0 bridgehead atoms. The van der Waals surface area contributed by atoms with E-state index in [1.54, 1.807) is 0 Å². The van der Waals surface area contributed by atoms with E-state index in [2.05, 4.69) is 36.2 Å². The Morgan fingerprint density at radius 1 is 1.32 bits per heavy atom. The molecular formula is C19H26ClN3O2. The number of hydrogen-bond donors (Lipinski definition) is 1. The van der Waals surface area contributed by atoms with E-state index in [1.165, 1.54) is 0 Å². The molecule has 1 aromatic heterocycles. The van der Waals surface area contributed by atoms with Crippen LogP contribution in [0.2, 0.25) is 5.02 Å². The summed E-state index contributed by atoms with van der Waals surface area (Å²) in [7, 11) is 0. The highest BCUT2D eigenvalue weighted by atomic mass is 35.5. The van der Waals surface area contributed by atoms with E-state index >= 15 is 0 Å². The largest absolute Gasteiger partial charge is 0.355 e. The van der Waals surface area contributed by atoms with Crippen LogP contribution in [-0.2, 0) is 23.1 Å². The Bertz CT molecular complexity index is 697. The van der Waals surface area contributed by atoms with Crippen molar-refractivity contribution in [2.75, 3.05) is 6.54 Å². The van der Waals surface area contributed by atoms with Gasteiger partial charge in [-0.1, -0.05) is 49.7 Å². The number of halogens is 1. The van der Waals surface area contributed by atoms with Crippen molar-refractivity contribution in [3.8, 4) is 0 Å². The van der Waals surface area contributed by atoms with Crippen LogP contribution >= 0.6 is 11.6 Å². The van der Waals surface area contributed by atoms with Gasteiger partial charge in [0.1, 0.15) is 0 Å². The Labute approximate surface area is 154 Å². The monoisotopic (exact) mass is 363 g/mol. The van der Waals surface area contributed by atoms with Gasteiger partial charge in [-0.15, -0.1) is 0 Å². The molecule has 0 atom stereocenters. The van der Waals surface area contributed by atoms with Crippen molar-refractivity contribution in [3.05, 3.63) is 46.6 Å². The van der Waals surface area contributed by atoms with Crippen LogP contribution in [0.3, 0.4) is 0 Å². The molecule has 136 valence electrons. The second-order valence-corrected chi connectivity index (χ2v) is 7.32. The lowest BCUT2D eigenvalue weighted by Crippen LogP contribution is -2.36. The molecule has 0 unspecified atom stereocenters. The maximum absolute atomic E-state index is 12.1. The molecule has 1 amide bonds. The van der Waals surface area contributed by atoms with Gasteiger partial charge in [0.2, 0.25) is 11.8 Å². The number of rotatable bonds is 9. The SMILES string of the molecule is CCCc1noc(CCCC(=O)NCC(C)(C)c2cccc(Cl)c2)n1. The topological polar surface area (TPSA) is 68.0 Å². The van der Waals surface area contributed by atoms with Gasteiger partial charge in [-0.25, -0.2) is 0 Å². The molecule has 5 nitrogen and oxygen atoms in total. The molecule has 1 aromatic carbocycles. The Morgan fingerprint density at radius 2 is 2.12 bits per heavy atom. The molecule has 0 saturated heterocycles. The number of amides is 1. The normalized spacial score (nSPS) is 11.5. The number of aryl methyl sites for hydroxylation is 2. The predicted octanol–water partition coefficient (Wildman–Crippen LogP) is 4.09. The van der Waals surface area contributed by atoms with Gasteiger partial charge >= 0.3 is 0 Å². The zero-order chi connectivity index (χ0) is 18.3. The number of carbonyl (C=O) groups is 1. The molecule has 6 heteroatoms. The van der Waals surface area contributed by atoms with Crippen molar-refractivity contribution in [2.24, 2.45) is 0 Å². The van der Waals surface area contributed by atoms with Crippen LogP contribution in [-0.4, -0.2) is 22.6 Å². The minimum Gasteiger partial charge on any atom is -0.355 e. The van der Waals surface area contributed by atoms with Gasteiger partial charge in [0.05, 0.1) is 0 Å². The van der Waals surface area contributed by atoms with Crippen molar-refractivity contribution >= 4 is 17.5 Å². The Hall–Kier alpha value is -1.88. The van der Waals surface area contributed by atoms with Gasteiger partial charge in [0.25, 0.3) is 0 Å². The van der Waals surface area contributed by atoms with Crippen LogP contribution in [0.25, 0.3) is 0 Å². The van der Waals surface area contributed by atoms with Crippen LogP contribution in [0.4, 0.5) is 0 Å². The Balaban J connectivity index is 1.74. The summed E-state index contributed by atoms with van der Waals surface area (Å²) in [6, 6.07) is 7.75. The van der Waals surface area contributed by atoms with Gasteiger partial charge in [-0.05, 0) is 30.5 Å². The fourth-order valence-corrected chi connectivity index (χ4v) is 2.73. The first kappa shape index (κ1) is 19.4. The lowest BCUT2D eigenvalue weighted by Gasteiger charge is -2.26. The Morgan fingerprint density at radius 3 is 2.84 bits per heavy atom. The summed E-state index contributed by atoms with van der Waals surface area (Å²) in [6.07, 6.45) is 3.57. The molecule has 0 aliphatic heterocycles. The molecule has 25 heavy (non-hydrogen) atoms. The quantitative estimate of drug-likeness (QED) is 0.728. The molecular weight excluding hydrogens is 338 g/mol. The summed E-state index contributed by atoms with van der Waals surface area (Å²) in [5.74, 6) is 1.38. The van der Waals surface area contributed by atoms with Gasteiger partial charge in [-0.2, -0.15) is 4.98 Å². The molecule has 0 aliphatic rings. The molecule has 0 radical (unpaired) electrons. The van der Waals surface area contributed by atoms with E-state index in [9.17, 15) is 4.79 Å². The van der Waals surface area contributed by atoms with Gasteiger partial charge in [-0.3, -0.25) is 4.79 Å². The maximum Gasteiger partial charge on any atom is 0.226 e. The predicted molar refractivity (Wildman–Crippen MR) is 98.7 cm³/mol. The van der Waals surface area contributed by atoms with Gasteiger partial charge < -0.3 is 9.84 Å². The van der Waals surface area contributed by atoms with Crippen molar-refractivity contribution in [1.82, 2.24) is 15.5 Å². The summed E-state index contributed by atoms with van der Waals surface area (Å²) in [6.45, 7) is 6.82. The van der Waals surface area contributed by atoms with Crippen molar-refractivity contribution in [1.29, 1.82) is 0 Å². The fourth-order valence-electron chi connectivity index (χ4n) is 2.54. The average Bonchev–Trinajstić information content (AvgIpc) is 3.01. The maximum atomic E-state index is 12.1. The third kappa shape index (κ3) is 6.16. The molecule has 1 N–H and O–H groups in total. The van der Waals surface area contributed by atoms with Gasteiger partial charge in [0, 0.05) is 36.2 Å². The number of nitrogens with zero attached hydrogens (tertiary/aromatic N) is 2. The van der Waals surface area contributed by atoms with Crippen LogP contribution in [0, 0.1) is 0 Å². The minimum absolute atomic E-state index is 0.0309. The van der Waals surface area contributed by atoms with E-state index in [0.29, 0.717) is 36.7 Å². The molecule has 0 fully saturated rings. The third-order valence-corrected chi connectivity index (χ3v) is 4.35. The first-order valence-electron chi connectivity index (χ1n) is 8.75. The Kier molecular flexibility index (Phi) is 7.00. The second-order valence-electron chi connectivity index (χ2n) is 6.88. The molecule has 0 saturated carbocycles. The van der Waals surface area contributed by atoms with E-state index in [0.717, 1.165) is 24.2 Å². The van der Waals surface area contributed by atoms with Crippen molar-refractivity contribution in [2.45, 2.75) is 58.3 Å². The fraction of sp³-hybridized carbons (Fsp3) is 0.526. The first-order valence-corrected chi connectivity index (χ1v) is 9.12. The molecule has 0 aliphatic carbocycles. The van der Waals surface area contributed by atoms with Crippen LogP contribution in [0.5, 0.6) is 0 Å². The highest BCUT2D eigenvalue weighted by Gasteiger charge is 2.21. The zero-order valence-electron chi connectivity index (χ0n) is 15.1. The molecule has 2 rings (SSSR count). The van der Waals surface area contributed by atoms with E-state index in [1.807, 2.05) is 24.3 Å². The zero-order valence-corrected chi connectivity index (χ0v) is 15.9.